The van der Waals surface area contributed by atoms with Gasteiger partial charge in [-0.15, -0.1) is 0 Å². The van der Waals surface area contributed by atoms with Crippen LogP contribution in [0.5, 0.6) is 0 Å². The number of hydrogen-bond acceptors (Lipinski definition) is 6. The van der Waals surface area contributed by atoms with E-state index in [1.165, 1.54) is 13.2 Å². The number of nitrogens with zero attached hydrogens (tertiary/aromatic N) is 2. The molecule has 0 radical (unpaired) electrons. The molecule has 2 aliphatic heterocycles. The summed E-state index contributed by atoms with van der Waals surface area (Å²) in [5.74, 6) is -0.451. The van der Waals surface area contributed by atoms with Crippen molar-refractivity contribution in [2.24, 2.45) is 10.9 Å². The lowest BCUT2D eigenvalue weighted by molar-refractivity contribution is -0.152. The Morgan fingerprint density at radius 3 is 2.26 bits per heavy atom. The van der Waals surface area contributed by atoms with E-state index >= 15 is 0 Å². The lowest BCUT2D eigenvalue weighted by Crippen LogP contribution is -2.52. The topological polar surface area (TPSA) is 105 Å². The molecular weight excluding hydrogens is 454 g/mol. The average Bonchev–Trinajstić information content (AvgIpc) is 3.11. The predicted octanol–water partition coefficient (Wildman–Crippen LogP) is 2.48. The van der Waals surface area contributed by atoms with Gasteiger partial charge >= 0.3 is 5.97 Å². The van der Waals surface area contributed by atoms with E-state index in [0.29, 0.717) is 31.5 Å². The number of hydrogen-bond donors (Lipinski definition) is 1. The van der Waals surface area contributed by atoms with Crippen molar-refractivity contribution < 1.29 is 22.7 Å². The van der Waals surface area contributed by atoms with Gasteiger partial charge in [-0.1, -0.05) is 56.3 Å². The van der Waals surface area contributed by atoms with E-state index in [0.717, 1.165) is 5.56 Å². The van der Waals surface area contributed by atoms with Gasteiger partial charge in [0.1, 0.15) is 11.9 Å². The second-order valence-corrected chi connectivity index (χ2v) is 10.7. The zero-order valence-electron chi connectivity index (χ0n) is 19.5. The molecule has 4 rings (SSSR count). The van der Waals surface area contributed by atoms with Gasteiger partial charge < -0.3 is 9.64 Å². The number of methoxy groups -OCH3 is 1. The number of nitrogens with one attached hydrogen (secondary N) is 1. The molecular formula is C25H29N3O5S. The van der Waals surface area contributed by atoms with E-state index in [2.05, 4.69) is 9.71 Å². The molecule has 1 fully saturated rings. The van der Waals surface area contributed by atoms with Gasteiger partial charge in [0.2, 0.25) is 5.91 Å². The van der Waals surface area contributed by atoms with Crippen molar-refractivity contribution in [2.75, 3.05) is 20.2 Å². The van der Waals surface area contributed by atoms with Crippen LogP contribution in [0.25, 0.3) is 0 Å². The number of esters is 1. The number of aliphatic imine (C=N–C) groups is 1. The van der Waals surface area contributed by atoms with Gasteiger partial charge in [0, 0.05) is 18.7 Å². The monoisotopic (exact) mass is 483 g/mol. The van der Waals surface area contributed by atoms with E-state index < -0.39 is 21.5 Å². The Kier molecular flexibility index (Phi) is 6.49. The Morgan fingerprint density at radius 1 is 1.03 bits per heavy atom. The maximum absolute atomic E-state index is 13.5. The molecule has 0 saturated carbocycles. The Morgan fingerprint density at radius 2 is 1.65 bits per heavy atom. The molecule has 0 unspecified atom stereocenters. The molecule has 2 heterocycles. The van der Waals surface area contributed by atoms with Crippen molar-refractivity contribution in [3.05, 3.63) is 65.7 Å². The third-order valence-electron chi connectivity index (χ3n) is 6.65. The number of fused-ring (bicyclic) bond motifs is 1. The van der Waals surface area contributed by atoms with Gasteiger partial charge in [0.25, 0.3) is 10.0 Å². The van der Waals surface area contributed by atoms with Gasteiger partial charge in [-0.25, -0.2) is 8.42 Å². The van der Waals surface area contributed by atoms with Crippen LogP contribution >= 0.6 is 0 Å². The summed E-state index contributed by atoms with van der Waals surface area (Å²) in [6.45, 7) is 4.52. The Bertz CT molecular complexity index is 1220. The predicted molar refractivity (Wildman–Crippen MR) is 128 cm³/mol. The quantitative estimate of drug-likeness (QED) is 0.658. The van der Waals surface area contributed by atoms with E-state index in [4.69, 9.17) is 4.74 Å². The van der Waals surface area contributed by atoms with Crippen LogP contribution in [0, 0.1) is 5.92 Å². The second-order valence-electron chi connectivity index (χ2n) is 9.03. The summed E-state index contributed by atoms with van der Waals surface area (Å²) in [5, 5.41) is 0. The first-order chi connectivity index (χ1) is 16.2. The third kappa shape index (κ3) is 4.20. The van der Waals surface area contributed by atoms with Crippen LogP contribution in [0.15, 0.2) is 64.5 Å². The van der Waals surface area contributed by atoms with Crippen molar-refractivity contribution in [3.63, 3.8) is 0 Å². The zero-order chi connectivity index (χ0) is 24.5. The molecule has 9 heteroatoms. The van der Waals surface area contributed by atoms with Gasteiger partial charge in [-0.2, -0.15) is 0 Å². The van der Waals surface area contributed by atoms with Crippen molar-refractivity contribution in [2.45, 2.75) is 43.0 Å². The fourth-order valence-electron chi connectivity index (χ4n) is 4.72. The van der Waals surface area contributed by atoms with Crippen LogP contribution in [-0.4, -0.2) is 57.3 Å². The first-order valence-corrected chi connectivity index (χ1v) is 12.8. The van der Waals surface area contributed by atoms with E-state index in [9.17, 15) is 18.0 Å². The highest BCUT2D eigenvalue weighted by molar-refractivity contribution is 7.90. The summed E-state index contributed by atoms with van der Waals surface area (Å²) < 4.78 is 32.5. The number of piperidine rings is 1. The third-order valence-corrected chi connectivity index (χ3v) is 8.04. The number of amides is 1. The maximum atomic E-state index is 13.5. The molecule has 0 aliphatic carbocycles. The van der Waals surface area contributed by atoms with Crippen LogP contribution < -0.4 is 4.72 Å². The summed E-state index contributed by atoms with van der Waals surface area (Å²) in [6.07, 6.45) is 0.874. The summed E-state index contributed by atoms with van der Waals surface area (Å²) in [4.78, 5) is 32.8. The Hall–Kier alpha value is -3.20. The lowest BCUT2D eigenvalue weighted by atomic mass is 9.72. The Balaban J connectivity index is 1.58. The molecule has 2 aromatic rings. The number of carbonyl (C=O) groups is 2. The number of amidine groups is 1. The van der Waals surface area contributed by atoms with Crippen molar-refractivity contribution >= 4 is 27.7 Å². The molecule has 0 aromatic heterocycles. The maximum Gasteiger partial charge on any atom is 0.316 e. The molecule has 1 saturated heterocycles. The standard InChI is InChI=1S/C25H29N3O5S/c1-17(2)21(26-22-19-11-7-8-12-20(19)34(31,32)27-22)23(29)28-15-13-25(14-16-28,24(30)33-3)18-9-5-4-6-10-18/h4-12,17,21H,13-16H2,1-3H3,(H,26,27)/t21-/m0/s1. The van der Waals surface area contributed by atoms with Gasteiger partial charge in [0.15, 0.2) is 0 Å². The Labute approximate surface area is 200 Å². The smallest absolute Gasteiger partial charge is 0.316 e. The molecule has 8 nitrogen and oxygen atoms in total. The average molecular weight is 484 g/mol. The highest BCUT2D eigenvalue weighted by atomic mass is 32.2. The number of carbonyl (C=O) groups excluding carboxylic acids is 2. The number of benzene rings is 2. The molecule has 0 bridgehead atoms. The van der Waals surface area contributed by atoms with Gasteiger partial charge in [0.05, 0.1) is 17.4 Å². The number of likely N-dealkylation sites (tertiary alicyclic amines) is 1. The highest BCUT2D eigenvalue weighted by Crippen LogP contribution is 2.37. The minimum atomic E-state index is -3.69. The molecule has 1 atom stereocenters. The summed E-state index contributed by atoms with van der Waals surface area (Å²) in [7, 11) is -2.31. The summed E-state index contributed by atoms with van der Waals surface area (Å²) in [6, 6.07) is 15.4. The second kappa shape index (κ2) is 9.21. The van der Waals surface area contributed by atoms with Crippen molar-refractivity contribution in [1.82, 2.24) is 9.62 Å². The van der Waals surface area contributed by atoms with Crippen LogP contribution in [0.3, 0.4) is 0 Å². The molecule has 34 heavy (non-hydrogen) atoms. The number of ether oxygens (including phenoxy) is 1. The van der Waals surface area contributed by atoms with Crippen LogP contribution in [-0.2, 0) is 29.8 Å². The summed E-state index contributed by atoms with van der Waals surface area (Å²) >= 11 is 0. The molecule has 180 valence electrons. The molecule has 1 amide bonds. The number of rotatable bonds is 5. The largest absolute Gasteiger partial charge is 0.468 e. The summed E-state index contributed by atoms with van der Waals surface area (Å²) in [5.41, 5.74) is 0.548. The highest BCUT2D eigenvalue weighted by Gasteiger charge is 2.45. The van der Waals surface area contributed by atoms with E-state index in [-0.39, 0.29) is 28.5 Å². The van der Waals surface area contributed by atoms with Gasteiger partial charge in [-0.05, 0) is 36.5 Å². The molecule has 2 aromatic carbocycles. The van der Waals surface area contributed by atoms with E-state index in [1.807, 2.05) is 44.2 Å². The van der Waals surface area contributed by atoms with Gasteiger partial charge in [-0.3, -0.25) is 19.3 Å². The fourth-order valence-corrected chi connectivity index (χ4v) is 5.96. The van der Waals surface area contributed by atoms with Crippen LogP contribution in [0.1, 0.15) is 37.8 Å². The van der Waals surface area contributed by atoms with Crippen molar-refractivity contribution in [3.8, 4) is 0 Å². The first kappa shape index (κ1) is 23.9. The minimum Gasteiger partial charge on any atom is -0.468 e. The van der Waals surface area contributed by atoms with E-state index in [1.54, 1.807) is 23.1 Å². The van der Waals surface area contributed by atoms with Crippen molar-refractivity contribution in [1.29, 1.82) is 0 Å². The van der Waals surface area contributed by atoms with Crippen LogP contribution in [0.4, 0.5) is 0 Å². The lowest BCUT2D eigenvalue weighted by Gasteiger charge is -2.41. The number of sulfonamides is 1. The SMILES string of the molecule is COC(=O)C1(c2ccccc2)CCN(C(=O)[C@@H](N=C2NS(=O)(=O)c3ccccc32)C(C)C)CC1. The first-order valence-electron chi connectivity index (χ1n) is 11.3. The fraction of sp³-hybridized carbons (Fsp3) is 0.400. The van der Waals surface area contributed by atoms with Crippen LogP contribution in [0.2, 0.25) is 0 Å². The zero-order valence-corrected chi connectivity index (χ0v) is 20.3. The molecule has 0 spiro atoms. The normalized spacial score (nSPS) is 20.5. The molecule has 1 N–H and O–H groups in total. The molecule has 2 aliphatic rings. The minimum absolute atomic E-state index is 0.154.